The van der Waals surface area contributed by atoms with Gasteiger partial charge in [-0.25, -0.2) is 9.37 Å². The number of nitrogens with zero attached hydrogens (tertiary/aromatic N) is 3. The molecule has 0 aliphatic heterocycles. The number of hydrogen-bond acceptors (Lipinski definition) is 6. The molecule has 140 valence electrons. The van der Waals surface area contributed by atoms with Crippen molar-refractivity contribution in [1.29, 1.82) is 0 Å². The van der Waals surface area contributed by atoms with Gasteiger partial charge in [0.15, 0.2) is 11.6 Å². The Hall–Kier alpha value is -2.77. The van der Waals surface area contributed by atoms with Gasteiger partial charge >= 0.3 is 0 Å². The lowest BCUT2D eigenvalue weighted by Gasteiger charge is -2.26. The average molecular weight is 409 g/mol. The molecule has 0 atom stereocenters. The van der Waals surface area contributed by atoms with Crippen LogP contribution in [0.3, 0.4) is 0 Å². The topological polar surface area (TPSA) is 95.5 Å². The smallest absolute Gasteiger partial charge is 0.222 e. The molecule has 1 aromatic heterocycles. The third kappa shape index (κ3) is 3.56. The SMILES string of the molecule is Cc1cc(N(c2cc(C)c(O)c(Cl)c2)c2nc(N)ncc2F)cc(Cl)c1O. The number of hydrogen-bond donors (Lipinski definition) is 3. The van der Waals surface area contributed by atoms with E-state index in [0.29, 0.717) is 22.5 Å². The van der Waals surface area contributed by atoms with Crippen LogP contribution in [-0.2, 0) is 0 Å². The summed E-state index contributed by atoms with van der Waals surface area (Å²) < 4.78 is 14.6. The number of aromatic hydroxyl groups is 2. The maximum atomic E-state index is 14.6. The minimum absolute atomic E-state index is 0.0806. The minimum Gasteiger partial charge on any atom is -0.506 e. The normalized spacial score (nSPS) is 10.9. The predicted molar refractivity (Wildman–Crippen MR) is 104 cm³/mol. The third-order valence-corrected chi connectivity index (χ3v) is 4.53. The summed E-state index contributed by atoms with van der Waals surface area (Å²) in [5.74, 6) is -1.15. The van der Waals surface area contributed by atoms with Crippen LogP contribution in [0.4, 0.5) is 27.5 Å². The summed E-state index contributed by atoms with van der Waals surface area (Å²) in [5, 5.41) is 20.1. The Bertz CT molecular complexity index is 942. The lowest BCUT2D eigenvalue weighted by molar-refractivity contribution is 0.471. The second-order valence-electron chi connectivity index (χ2n) is 5.92. The van der Waals surface area contributed by atoms with Crippen molar-refractivity contribution in [2.45, 2.75) is 13.8 Å². The molecule has 0 unspecified atom stereocenters. The van der Waals surface area contributed by atoms with Crippen molar-refractivity contribution in [2.75, 3.05) is 10.6 Å². The van der Waals surface area contributed by atoms with Crippen LogP contribution in [0.1, 0.15) is 11.1 Å². The number of nitrogens with two attached hydrogens (primary N) is 1. The highest BCUT2D eigenvalue weighted by molar-refractivity contribution is 6.33. The van der Waals surface area contributed by atoms with Gasteiger partial charge in [0.1, 0.15) is 11.5 Å². The summed E-state index contributed by atoms with van der Waals surface area (Å²) >= 11 is 12.2. The Morgan fingerprint density at radius 1 is 0.963 bits per heavy atom. The molecule has 0 radical (unpaired) electrons. The van der Waals surface area contributed by atoms with Crippen molar-refractivity contribution >= 4 is 46.3 Å². The Balaban J connectivity index is 2.32. The molecule has 0 amide bonds. The van der Waals surface area contributed by atoms with Gasteiger partial charge in [-0.3, -0.25) is 4.90 Å². The minimum atomic E-state index is -0.729. The fourth-order valence-corrected chi connectivity index (χ4v) is 3.14. The molecule has 6 nitrogen and oxygen atoms in total. The summed E-state index contributed by atoms with van der Waals surface area (Å²) in [6.07, 6.45) is 0.953. The van der Waals surface area contributed by atoms with Gasteiger partial charge in [0.05, 0.1) is 16.2 Å². The molecule has 4 N–H and O–H groups in total. The molecule has 0 aliphatic carbocycles. The molecule has 27 heavy (non-hydrogen) atoms. The highest BCUT2D eigenvalue weighted by Gasteiger charge is 2.22. The van der Waals surface area contributed by atoms with Crippen LogP contribution in [0.2, 0.25) is 10.0 Å². The number of nitrogen functional groups attached to an aromatic ring is 1. The van der Waals surface area contributed by atoms with Crippen LogP contribution in [-0.4, -0.2) is 20.2 Å². The number of halogens is 3. The van der Waals surface area contributed by atoms with E-state index in [-0.39, 0.29) is 33.3 Å². The quantitative estimate of drug-likeness (QED) is 0.563. The van der Waals surface area contributed by atoms with Gasteiger partial charge < -0.3 is 15.9 Å². The van der Waals surface area contributed by atoms with E-state index in [1.165, 1.54) is 17.0 Å². The maximum Gasteiger partial charge on any atom is 0.222 e. The van der Waals surface area contributed by atoms with Crippen molar-refractivity contribution in [3.05, 3.63) is 57.5 Å². The molecular weight excluding hydrogens is 394 g/mol. The molecule has 0 spiro atoms. The maximum absolute atomic E-state index is 14.6. The Labute approximate surface area is 164 Å². The van der Waals surface area contributed by atoms with E-state index in [2.05, 4.69) is 9.97 Å². The van der Waals surface area contributed by atoms with E-state index in [9.17, 15) is 14.6 Å². The van der Waals surface area contributed by atoms with Crippen LogP contribution < -0.4 is 10.6 Å². The lowest BCUT2D eigenvalue weighted by Crippen LogP contribution is -2.15. The summed E-state index contributed by atoms with van der Waals surface area (Å²) in [6, 6.07) is 6.12. The highest BCUT2D eigenvalue weighted by atomic mass is 35.5. The van der Waals surface area contributed by atoms with Crippen LogP contribution in [0.25, 0.3) is 0 Å². The standard InChI is InChI=1S/C18H15Cl2FN4O2/c1-8-3-10(5-12(19)15(8)26)25(17-14(21)7-23-18(22)24-17)11-4-9(2)16(27)13(20)6-11/h3-7,26-27H,1-2H3,(H2,22,23,24). The fourth-order valence-electron chi connectivity index (χ4n) is 2.62. The van der Waals surface area contributed by atoms with Crippen LogP contribution in [0.15, 0.2) is 30.5 Å². The number of phenols is 2. The largest absolute Gasteiger partial charge is 0.506 e. The first-order chi connectivity index (χ1) is 12.7. The molecule has 0 bridgehead atoms. The number of benzene rings is 2. The van der Waals surface area contributed by atoms with Crippen molar-refractivity contribution in [3.63, 3.8) is 0 Å². The first-order valence-corrected chi connectivity index (χ1v) is 8.51. The van der Waals surface area contributed by atoms with Crippen molar-refractivity contribution < 1.29 is 14.6 Å². The Morgan fingerprint density at radius 2 is 1.44 bits per heavy atom. The van der Waals surface area contributed by atoms with Gasteiger partial charge in [-0.05, 0) is 49.2 Å². The highest BCUT2D eigenvalue weighted by Crippen LogP contribution is 2.42. The molecule has 3 aromatic rings. The molecule has 0 aliphatic rings. The molecule has 9 heteroatoms. The first kappa shape index (κ1) is 19.0. The summed E-state index contributed by atoms with van der Waals surface area (Å²) in [5.41, 5.74) is 7.42. The van der Waals surface area contributed by atoms with Crippen LogP contribution >= 0.6 is 23.2 Å². The summed E-state index contributed by atoms with van der Waals surface area (Å²) in [7, 11) is 0. The lowest BCUT2D eigenvalue weighted by atomic mass is 10.1. The van der Waals surface area contributed by atoms with Gasteiger partial charge in [-0.1, -0.05) is 23.2 Å². The van der Waals surface area contributed by atoms with E-state index < -0.39 is 5.82 Å². The van der Waals surface area contributed by atoms with Gasteiger partial charge in [0.25, 0.3) is 0 Å². The van der Waals surface area contributed by atoms with Gasteiger partial charge in [-0.2, -0.15) is 4.98 Å². The zero-order chi connectivity index (χ0) is 19.9. The molecule has 0 fully saturated rings. The number of phenolic OH excluding ortho intramolecular Hbond substituents is 2. The third-order valence-electron chi connectivity index (χ3n) is 3.95. The molecule has 2 aromatic carbocycles. The van der Waals surface area contributed by atoms with E-state index >= 15 is 0 Å². The number of anilines is 4. The van der Waals surface area contributed by atoms with Crippen LogP contribution in [0, 0.1) is 19.7 Å². The zero-order valence-corrected chi connectivity index (χ0v) is 15.8. The molecule has 1 heterocycles. The summed E-state index contributed by atoms with van der Waals surface area (Å²) in [4.78, 5) is 9.06. The second-order valence-corrected chi connectivity index (χ2v) is 6.74. The van der Waals surface area contributed by atoms with Crippen molar-refractivity contribution in [1.82, 2.24) is 9.97 Å². The number of rotatable bonds is 3. The molecular formula is C18H15Cl2FN4O2. The number of aryl methyl sites for hydroxylation is 2. The van der Waals surface area contributed by atoms with Gasteiger partial charge in [0.2, 0.25) is 5.95 Å². The van der Waals surface area contributed by atoms with E-state index in [4.69, 9.17) is 28.9 Å². The van der Waals surface area contributed by atoms with E-state index in [1.54, 1.807) is 26.0 Å². The molecule has 0 saturated carbocycles. The zero-order valence-electron chi connectivity index (χ0n) is 14.3. The second kappa shape index (κ2) is 7.09. The fraction of sp³-hybridized carbons (Fsp3) is 0.111. The number of aromatic nitrogens is 2. The van der Waals surface area contributed by atoms with Crippen LogP contribution in [0.5, 0.6) is 11.5 Å². The first-order valence-electron chi connectivity index (χ1n) is 7.75. The van der Waals surface area contributed by atoms with E-state index in [1.807, 2.05) is 0 Å². The molecule has 0 saturated heterocycles. The monoisotopic (exact) mass is 408 g/mol. The van der Waals surface area contributed by atoms with Gasteiger partial charge in [-0.15, -0.1) is 0 Å². The molecule has 3 rings (SSSR count). The van der Waals surface area contributed by atoms with E-state index in [0.717, 1.165) is 6.20 Å². The Morgan fingerprint density at radius 3 is 1.89 bits per heavy atom. The van der Waals surface area contributed by atoms with Gasteiger partial charge in [0, 0.05) is 11.4 Å². The Kier molecular flexibility index (Phi) is 4.99. The predicted octanol–water partition coefficient (Wildman–Crippen LogP) is 5.00. The van der Waals surface area contributed by atoms with Crippen molar-refractivity contribution in [3.8, 4) is 11.5 Å². The van der Waals surface area contributed by atoms with Crippen molar-refractivity contribution in [2.24, 2.45) is 0 Å². The average Bonchev–Trinajstić information content (AvgIpc) is 2.60. The summed E-state index contributed by atoms with van der Waals surface area (Å²) in [6.45, 7) is 3.31.